The van der Waals surface area contributed by atoms with E-state index in [1.54, 1.807) is 0 Å². The van der Waals surface area contributed by atoms with Crippen LogP contribution in [0.5, 0.6) is 0 Å². The third kappa shape index (κ3) is 5.00. The summed E-state index contributed by atoms with van der Waals surface area (Å²) < 4.78 is 0. The van der Waals surface area contributed by atoms with Crippen molar-refractivity contribution < 1.29 is 4.79 Å². The maximum atomic E-state index is 12.5. The van der Waals surface area contributed by atoms with Gasteiger partial charge in [-0.15, -0.1) is 0 Å². The molecule has 1 saturated heterocycles. The van der Waals surface area contributed by atoms with E-state index in [1.807, 2.05) is 11.0 Å². The van der Waals surface area contributed by atoms with Gasteiger partial charge >= 0.3 is 0 Å². The molecule has 6 nitrogen and oxygen atoms in total. The molecule has 1 aliphatic rings. The Morgan fingerprint density at radius 1 is 1.12 bits per heavy atom. The average Bonchev–Trinajstić information content (AvgIpc) is 2.88. The van der Waals surface area contributed by atoms with Crippen LogP contribution in [0.4, 0.5) is 0 Å². The summed E-state index contributed by atoms with van der Waals surface area (Å²) in [6.45, 7) is 4.37. The smallest absolute Gasteiger partial charge is 0.274 e. The molecular weight excluding hydrogens is 316 g/mol. The van der Waals surface area contributed by atoms with Crippen molar-refractivity contribution in [3.8, 4) is 0 Å². The van der Waals surface area contributed by atoms with Crippen molar-refractivity contribution in [1.82, 2.24) is 19.8 Å². The summed E-state index contributed by atoms with van der Waals surface area (Å²) in [6, 6.07) is 10.5. The Balaban J connectivity index is 1.47. The van der Waals surface area contributed by atoms with Crippen LogP contribution in [0.2, 0.25) is 0 Å². The first-order chi connectivity index (χ1) is 12.2. The van der Waals surface area contributed by atoms with Crippen LogP contribution < -0.4 is 5.56 Å². The Hall–Kier alpha value is -2.47. The summed E-state index contributed by atoms with van der Waals surface area (Å²) in [6.07, 6.45) is 5.72. The van der Waals surface area contributed by atoms with E-state index < -0.39 is 0 Å². The number of aromatic amines is 1. The largest absolute Gasteiger partial charge is 0.336 e. The summed E-state index contributed by atoms with van der Waals surface area (Å²) in [7, 11) is 0. The molecule has 0 spiro atoms. The Morgan fingerprint density at radius 3 is 2.72 bits per heavy atom. The van der Waals surface area contributed by atoms with E-state index in [1.165, 1.54) is 11.8 Å². The highest BCUT2D eigenvalue weighted by atomic mass is 16.2. The normalized spacial score (nSPS) is 15.8. The molecule has 0 bridgehead atoms. The molecule has 1 aromatic heterocycles. The predicted molar refractivity (Wildman–Crippen MR) is 96.6 cm³/mol. The molecule has 25 heavy (non-hydrogen) atoms. The molecule has 1 aliphatic heterocycles. The van der Waals surface area contributed by atoms with Gasteiger partial charge in [0.05, 0.1) is 6.20 Å². The van der Waals surface area contributed by atoms with E-state index in [2.05, 4.69) is 39.1 Å². The Kier molecular flexibility index (Phi) is 5.95. The Morgan fingerprint density at radius 2 is 1.96 bits per heavy atom. The van der Waals surface area contributed by atoms with Gasteiger partial charge in [-0.3, -0.25) is 9.59 Å². The van der Waals surface area contributed by atoms with Crippen molar-refractivity contribution in [2.24, 2.45) is 0 Å². The summed E-state index contributed by atoms with van der Waals surface area (Å²) >= 11 is 0. The summed E-state index contributed by atoms with van der Waals surface area (Å²) in [5.41, 5.74) is 1.38. The molecule has 0 atom stereocenters. The number of H-pyrrole nitrogens is 1. The summed E-state index contributed by atoms with van der Waals surface area (Å²) in [5, 5.41) is 0. The number of hydrogen-bond acceptors (Lipinski definition) is 4. The van der Waals surface area contributed by atoms with E-state index in [9.17, 15) is 9.59 Å². The van der Waals surface area contributed by atoms with Gasteiger partial charge in [-0.05, 0) is 37.9 Å². The molecular formula is C19H24N4O2. The minimum Gasteiger partial charge on any atom is -0.336 e. The predicted octanol–water partition coefficient (Wildman–Crippen LogP) is 1.55. The molecule has 1 amide bonds. The number of nitrogens with one attached hydrogen (secondary N) is 1. The second kappa shape index (κ2) is 8.58. The topological polar surface area (TPSA) is 69.3 Å². The molecule has 2 aromatic rings. The minimum absolute atomic E-state index is 0.109. The van der Waals surface area contributed by atoms with Gasteiger partial charge in [-0.1, -0.05) is 30.3 Å². The Labute approximate surface area is 147 Å². The quantitative estimate of drug-likeness (QED) is 0.897. The maximum absolute atomic E-state index is 12.5. The van der Waals surface area contributed by atoms with Crippen LogP contribution >= 0.6 is 0 Å². The van der Waals surface area contributed by atoms with Crippen LogP contribution in [0.15, 0.2) is 47.5 Å². The molecule has 1 N–H and O–H groups in total. The zero-order chi connectivity index (χ0) is 17.5. The second-order valence-corrected chi connectivity index (χ2v) is 6.37. The second-order valence-electron chi connectivity index (χ2n) is 6.37. The monoisotopic (exact) mass is 340 g/mol. The average molecular weight is 340 g/mol. The van der Waals surface area contributed by atoms with Crippen LogP contribution in [0.1, 0.15) is 28.9 Å². The van der Waals surface area contributed by atoms with Crippen LogP contribution in [0, 0.1) is 0 Å². The first-order valence-corrected chi connectivity index (χ1v) is 8.83. The highest BCUT2D eigenvalue weighted by molar-refractivity contribution is 5.91. The van der Waals surface area contributed by atoms with Crippen molar-refractivity contribution in [3.05, 3.63) is 64.3 Å². The number of carbonyl (C=O) groups is 1. The van der Waals surface area contributed by atoms with Gasteiger partial charge in [0.25, 0.3) is 11.5 Å². The van der Waals surface area contributed by atoms with E-state index in [0.29, 0.717) is 12.2 Å². The summed E-state index contributed by atoms with van der Waals surface area (Å²) in [4.78, 5) is 34.3. The van der Waals surface area contributed by atoms with Gasteiger partial charge in [0, 0.05) is 25.8 Å². The number of hydrogen-bond donors (Lipinski definition) is 1. The lowest BCUT2D eigenvalue weighted by atomic mass is 10.1. The number of aromatic nitrogens is 2. The van der Waals surface area contributed by atoms with Crippen molar-refractivity contribution in [3.63, 3.8) is 0 Å². The van der Waals surface area contributed by atoms with Gasteiger partial charge in [0.1, 0.15) is 5.69 Å². The van der Waals surface area contributed by atoms with Gasteiger partial charge in [0.15, 0.2) is 0 Å². The Bertz CT molecular complexity index is 724. The van der Waals surface area contributed by atoms with E-state index in [0.717, 1.165) is 51.6 Å². The van der Waals surface area contributed by atoms with Crippen molar-refractivity contribution in [1.29, 1.82) is 0 Å². The number of aryl methyl sites for hydroxylation is 1. The molecule has 0 unspecified atom stereocenters. The lowest BCUT2D eigenvalue weighted by Gasteiger charge is -2.21. The third-order valence-electron chi connectivity index (χ3n) is 4.55. The SMILES string of the molecule is O=C(c1c[nH]c(=O)cn1)N1CCCN(CCCc2ccccc2)CC1. The molecule has 2 heterocycles. The number of carbonyl (C=O) groups excluding carboxylic acids is 1. The number of benzene rings is 1. The van der Waals surface area contributed by atoms with Gasteiger partial charge in [-0.25, -0.2) is 4.98 Å². The number of amides is 1. The molecule has 0 aliphatic carbocycles. The van der Waals surface area contributed by atoms with Crippen LogP contribution in [-0.2, 0) is 6.42 Å². The van der Waals surface area contributed by atoms with E-state index in [-0.39, 0.29) is 11.5 Å². The molecule has 132 valence electrons. The van der Waals surface area contributed by atoms with Crippen LogP contribution in [-0.4, -0.2) is 58.4 Å². The van der Waals surface area contributed by atoms with Crippen LogP contribution in [0.25, 0.3) is 0 Å². The van der Waals surface area contributed by atoms with Gasteiger partial charge in [-0.2, -0.15) is 0 Å². The van der Waals surface area contributed by atoms with Crippen LogP contribution in [0.3, 0.4) is 0 Å². The fourth-order valence-electron chi connectivity index (χ4n) is 3.17. The fraction of sp³-hybridized carbons (Fsp3) is 0.421. The third-order valence-corrected chi connectivity index (χ3v) is 4.55. The molecule has 1 fully saturated rings. The van der Waals surface area contributed by atoms with Gasteiger partial charge < -0.3 is 14.8 Å². The first kappa shape index (κ1) is 17.4. The van der Waals surface area contributed by atoms with Gasteiger partial charge in [0.2, 0.25) is 0 Å². The summed E-state index contributed by atoms with van der Waals surface area (Å²) in [5.74, 6) is -0.109. The van der Waals surface area contributed by atoms with Crippen molar-refractivity contribution in [2.75, 3.05) is 32.7 Å². The van der Waals surface area contributed by atoms with E-state index >= 15 is 0 Å². The first-order valence-electron chi connectivity index (χ1n) is 8.83. The lowest BCUT2D eigenvalue weighted by molar-refractivity contribution is 0.0755. The highest BCUT2D eigenvalue weighted by Crippen LogP contribution is 2.09. The molecule has 3 rings (SSSR count). The molecule has 6 heteroatoms. The van der Waals surface area contributed by atoms with Crippen molar-refractivity contribution in [2.45, 2.75) is 19.3 Å². The molecule has 0 saturated carbocycles. The molecule has 0 radical (unpaired) electrons. The zero-order valence-corrected chi connectivity index (χ0v) is 14.4. The minimum atomic E-state index is -0.294. The fourth-order valence-corrected chi connectivity index (χ4v) is 3.17. The van der Waals surface area contributed by atoms with E-state index in [4.69, 9.17) is 0 Å². The lowest BCUT2D eigenvalue weighted by Crippen LogP contribution is -2.36. The van der Waals surface area contributed by atoms with Crippen molar-refractivity contribution >= 4 is 5.91 Å². The highest BCUT2D eigenvalue weighted by Gasteiger charge is 2.21. The maximum Gasteiger partial charge on any atom is 0.274 e. The molecule has 1 aromatic carbocycles. The zero-order valence-electron chi connectivity index (χ0n) is 14.4. The number of nitrogens with zero attached hydrogens (tertiary/aromatic N) is 3. The standard InChI is InChI=1S/C19H24N4O2/c24-18-15-20-17(14-21-18)19(25)23-11-5-10-22(12-13-23)9-4-8-16-6-2-1-3-7-16/h1-3,6-7,14-15H,4-5,8-13H2,(H,21,24). The number of rotatable bonds is 5.